The number of nitrogens with one attached hydrogen (secondary N) is 2. The van der Waals surface area contributed by atoms with E-state index in [2.05, 4.69) is 31.5 Å². The zero-order valence-corrected chi connectivity index (χ0v) is 16.3. The quantitative estimate of drug-likeness (QED) is 0.675. The number of carbonyl (C=O) groups is 2. The lowest BCUT2D eigenvalue weighted by molar-refractivity contribution is -0.130. The summed E-state index contributed by atoms with van der Waals surface area (Å²) in [5, 5.41) is 5.44. The second-order valence-electron chi connectivity index (χ2n) is 6.05. The molecule has 0 saturated heterocycles. The molecular weight excluding hydrogens is 398 g/mol. The molecular formula is C19H22BrN3O3. The average molecular weight is 420 g/mol. The van der Waals surface area contributed by atoms with E-state index in [9.17, 15) is 9.59 Å². The fourth-order valence-electron chi connectivity index (χ4n) is 2.26. The number of hydrogen-bond acceptors (Lipinski definition) is 4. The molecule has 1 unspecified atom stereocenters. The van der Waals surface area contributed by atoms with Crippen LogP contribution in [0.25, 0.3) is 0 Å². The predicted molar refractivity (Wildman–Crippen MR) is 102 cm³/mol. The van der Waals surface area contributed by atoms with Gasteiger partial charge in [0.25, 0.3) is 5.91 Å². The lowest BCUT2D eigenvalue weighted by Crippen LogP contribution is -2.43. The van der Waals surface area contributed by atoms with Gasteiger partial charge in [0.2, 0.25) is 0 Å². The first-order valence-corrected chi connectivity index (χ1v) is 9.13. The van der Waals surface area contributed by atoms with Gasteiger partial charge in [0.15, 0.2) is 6.10 Å². The van der Waals surface area contributed by atoms with Crippen molar-refractivity contribution < 1.29 is 14.3 Å². The highest BCUT2D eigenvalue weighted by Crippen LogP contribution is 2.10. The fraction of sp³-hybridized carbons (Fsp3) is 0.316. The first kappa shape index (κ1) is 19.9. The number of halogens is 1. The van der Waals surface area contributed by atoms with Gasteiger partial charge in [0.1, 0.15) is 4.60 Å². The molecule has 2 rings (SSSR count). The Morgan fingerprint density at radius 2 is 1.85 bits per heavy atom. The van der Waals surface area contributed by atoms with Crippen LogP contribution in [-0.4, -0.2) is 29.1 Å². The van der Waals surface area contributed by atoms with Gasteiger partial charge < -0.3 is 15.4 Å². The third-order valence-corrected chi connectivity index (χ3v) is 3.86. The summed E-state index contributed by atoms with van der Waals surface area (Å²) in [6.45, 7) is 4.02. The van der Waals surface area contributed by atoms with Crippen molar-refractivity contribution in [3.05, 3.63) is 64.4 Å². The summed E-state index contributed by atoms with van der Waals surface area (Å²) in [6, 6.07) is 14.8. The highest BCUT2D eigenvalue weighted by atomic mass is 79.9. The van der Waals surface area contributed by atoms with Crippen molar-refractivity contribution in [2.45, 2.75) is 39.0 Å². The van der Waals surface area contributed by atoms with Crippen LogP contribution in [-0.2, 0) is 22.5 Å². The maximum absolute atomic E-state index is 12.4. The summed E-state index contributed by atoms with van der Waals surface area (Å²) in [5.41, 5.74) is 1.60. The van der Waals surface area contributed by atoms with E-state index in [1.54, 1.807) is 12.1 Å². The molecule has 0 saturated carbocycles. The summed E-state index contributed by atoms with van der Waals surface area (Å²) in [5.74, 6) is -0.350. The number of benzene rings is 1. The van der Waals surface area contributed by atoms with Crippen LogP contribution in [0.4, 0.5) is 4.79 Å². The molecule has 0 spiro atoms. The van der Waals surface area contributed by atoms with E-state index in [1.807, 2.05) is 50.2 Å². The van der Waals surface area contributed by atoms with Crippen LogP contribution in [0.2, 0.25) is 0 Å². The van der Waals surface area contributed by atoms with E-state index in [0.29, 0.717) is 16.8 Å². The molecule has 138 valence electrons. The Balaban J connectivity index is 2.00. The molecule has 7 heteroatoms. The van der Waals surface area contributed by atoms with Crippen LogP contribution in [0.1, 0.15) is 25.1 Å². The van der Waals surface area contributed by atoms with Crippen molar-refractivity contribution in [2.75, 3.05) is 0 Å². The smallest absolute Gasteiger partial charge is 0.408 e. The van der Waals surface area contributed by atoms with E-state index in [4.69, 9.17) is 4.74 Å². The minimum Gasteiger partial charge on any atom is -0.436 e. The molecule has 2 amide bonds. The Morgan fingerprint density at radius 1 is 1.12 bits per heavy atom. The molecule has 1 aromatic carbocycles. The van der Waals surface area contributed by atoms with Crippen LogP contribution in [0.15, 0.2) is 53.1 Å². The maximum atomic E-state index is 12.4. The normalized spacial score (nSPS) is 11.7. The molecule has 0 fully saturated rings. The van der Waals surface area contributed by atoms with Gasteiger partial charge in [0, 0.05) is 24.7 Å². The lowest BCUT2D eigenvalue weighted by Gasteiger charge is -2.19. The number of rotatable bonds is 7. The Labute approximate surface area is 161 Å². The number of alkyl carbamates (subject to hydrolysis) is 1. The molecule has 2 aromatic rings. The van der Waals surface area contributed by atoms with Crippen molar-refractivity contribution in [2.24, 2.45) is 0 Å². The van der Waals surface area contributed by atoms with Crippen molar-refractivity contribution in [1.29, 1.82) is 0 Å². The first-order chi connectivity index (χ1) is 12.4. The molecule has 1 heterocycles. The summed E-state index contributed by atoms with van der Waals surface area (Å²) in [7, 11) is 0. The zero-order valence-electron chi connectivity index (χ0n) is 14.7. The third kappa shape index (κ3) is 6.84. The minimum atomic E-state index is -0.963. The van der Waals surface area contributed by atoms with Crippen LogP contribution < -0.4 is 10.6 Å². The number of aromatic nitrogens is 1. The highest BCUT2D eigenvalue weighted by Gasteiger charge is 2.24. The minimum absolute atomic E-state index is 0.0588. The van der Waals surface area contributed by atoms with Gasteiger partial charge in [-0.1, -0.05) is 36.4 Å². The molecule has 1 atom stereocenters. The Morgan fingerprint density at radius 3 is 2.50 bits per heavy atom. The fourth-order valence-corrected chi connectivity index (χ4v) is 2.64. The molecule has 0 radical (unpaired) electrons. The van der Waals surface area contributed by atoms with Gasteiger partial charge in [-0.25, -0.2) is 9.78 Å². The van der Waals surface area contributed by atoms with E-state index in [0.717, 1.165) is 5.56 Å². The maximum Gasteiger partial charge on any atom is 0.408 e. The van der Waals surface area contributed by atoms with Crippen LogP contribution in [0, 0.1) is 0 Å². The molecule has 26 heavy (non-hydrogen) atoms. The van der Waals surface area contributed by atoms with E-state index in [1.165, 1.54) is 0 Å². The Hall–Kier alpha value is -2.41. The summed E-state index contributed by atoms with van der Waals surface area (Å²) in [4.78, 5) is 28.8. The molecule has 0 bridgehead atoms. The van der Waals surface area contributed by atoms with Crippen LogP contribution >= 0.6 is 15.9 Å². The van der Waals surface area contributed by atoms with Gasteiger partial charge in [-0.3, -0.25) is 4.79 Å². The number of amides is 2. The predicted octanol–water partition coefficient (Wildman–Crippen LogP) is 3.21. The second-order valence-corrected chi connectivity index (χ2v) is 6.86. The lowest BCUT2D eigenvalue weighted by atomic mass is 10.1. The number of pyridine rings is 1. The van der Waals surface area contributed by atoms with Crippen molar-refractivity contribution in [1.82, 2.24) is 15.6 Å². The molecule has 1 aromatic heterocycles. The van der Waals surface area contributed by atoms with Crippen LogP contribution in [0.5, 0.6) is 0 Å². The molecule has 2 N–H and O–H groups in total. The monoisotopic (exact) mass is 419 g/mol. The standard InChI is InChI=1S/C19H22BrN3O3/c1-13(2)22-18(24)16(11-15-9-6-10-17(20)23-15)26-19(25)21-12-14-7-4-3-5-8-14/h3-10,13,16H,11-12H2,1-2H3,(H,21,25)(H,22,24). The van der Waals surface area contributed by atoms with Gasteiger partial charge in [-0.05, 0) is 47.5 Å². The summed E-state index contributed by atoms with van der Waals surface area (Å²) < 4.78 is 6.02. The molecule has 6 nitrogen and oxygen atoms in total. The highest BCUT2D eigenvalue weighted by molar-refractivity contribution is 9.10. The van der Waals surface area contributed by atoms with Crippen molar-refractivity contribution in [3.8, 4) is 0 Å². The Bertz CT molecular complexity index is 738. The van der Waals surface area contributed by atoms with Crippen molar-refractivity contribution in [3.63, 3.8) is 0 Å². The first-order valence-electron chi connectivity index (χ1n) is 8.34. The molecule has 0 aliphatic rings. The van der Waals surface area contributed by atoms with E-state index < -0.39 is 12.2 Å². The van der Waals surface area contributed by atoms with Gasteiger partial charge in [-0.2, -0.15) is 0 Å². The van der Waals surface area contributed by atoms with E-state index in [-0.39, 0.29) is 18.4 Å². The topological polar surface area (TPSA) is 80.3 Å². The number of hydrogen-bond donors (Lipinski definition) is 2. The Kier molecular flexibility index (Phi) is 7.59. The number of nitrogens with zero attached hydrogens (tertiary/aromatic N) is 1. The number of ether oxygens (including phenoxy) is 1. The van der Waals surface area contributed by atoms with E-state index >= 15 is 0 Å². The third-order valence-electron chi connectivity index (χ3n) is 3.42. The summed E-state index contributed by atoms with van der Waals surface area (Å²) >= 11 is 3.30. The van der Waals surface area contributed by atoms with Gasteiger partial charge >= 0.3 is 6.09 Å². The van der Waals surface area contributed by atoms with Crippen LogP contribution in [0.3, 0.4) is 0 Å². The van der Waals surface area contributed by atoms with Gasteiger partial charge in [-0.15, -0.1) is 0 Å². The SMILES string of the molecule is CC(C)NC(=O)C(Cc1cccc(Br)n1)OC(=O)NCc1ccccc1. The number of carbonyl (C=O) groups excluding carboxylic acids is 2. The van der Waals surface area contributed by atoms with Crippen molar-refractivity contribution >= 4 is 27.9 Å². The average Bonchev–Trinajstić information content (AvgIpc) is 2.60. The largest absolute Gasteiger partial charge is 0.436 e. The second kappa shape index (κ2) is 9.91. The van der Waals surface area contributed by atoms with Gasteiger partial charge in [0.05, 0.1) is 0 Å². The summed E-state index contributed by atoms with van der Waals surface area (Å²) in [6.07, 6.45) is -1.42. The molecule has 0 aliphatic heterocycles. The zero-order chi connectivity index (χ0) is 18.9. The molecule has 0 aliphatic carbocycles.